The smallest absolute Gasteiger partial charge is 0.226 e. The van der Waals surface area contributed by atoms with Crippen LogP contribution in [0.15, 0.2) is 41.7 Å². The number of aromatic nitrogens is 4. The Kier molecular flexibility index (Phi) is 5.47. The molecule has 1 aliphatic rings. The van der Waals surface area contributed by atoms with Gasteiger partial charge in [0.1, 0.15) is 28.9 Å². The standard InChI is InChI=1S/C18H21N5O4S/c1-28-16-12-15(21-18(22-16)19-7-10-5-3-2-4-6-10)23(9-20-12)17-14(26)13(25)11(8-24)27-17/h2-6,9,11,13-14,17,24-26H,7-8H2,1H3,(H,19,21,22)/t11-,13-,14-,17-/m1/s1. The molecular formula is C18H21N5O4S. The van der Waals surface area contributed by atoms with Crippen LogP contribution in [0.25, 0.3) is 11.2 Å². The number of anilines is 1. The molecule has 148 valence electrons. The molecule has 3 aromatic rings. The first kappa shape index (κ1) is 19.1. The molecule has 1 saturated heterocycles. The second-order valence-electron chi connectivity index (χ2n) is 6.45. The van der Waals surface area contributed by atoms with Crippen molar-refractivity contribution in [3.8, 4) is 0 Å². The van der Waals surface area contributed by atoms with Crippen molar-refractivity contribution in [2.24, 2.45) is 0 Å². The lowest BCUT2D eigenvalue weighted by Gasteiger charge is -2.17. The minimum Gasteiger partial charge on any atom is -0.394 e. The maximum Gasteiger partial charge on any atom is 0.226 e. The highest BCUT2D eigenvalue weighted by molar-refractivity contribution is 7.98. The molecule has 28 heavy (non-hydrogen) atoms. The average Bonchev–Trinajstić information content (AvgIpc) is 3.27. The zero-order chi connectivity index (χ0) is 19.7. The Hall–Kier alpha value is -2.24. The van der Waals surface area contributed by atoms with E-state index >= 15 is 0 Å². The second-order valence-corrected chi connectivity index (χ2v) is 7.24. The Balaban J connectivity index is 1.67. The van der Waals surface area contributed by atoms with Crippen molar-refractivity contribution >= 4 is 28.9 Å². The predicted octanol–water partition coefficient (Wildman–Crippen LogP) is 0.772. The molecule has 0 bridgehead atoms. The molecule has 1 aromatic carbocycles. The number of aliphatic hydroxyl groups is 3. The van der Waals surface area contributed by atoms with Gasteiger partial charge in [-0.25, -0.2) is 9.97 Å². The number of thioether (sulfide) groups is 1. The quantitative estimate of drug-likeness (QED) is 0.349. The summed E-state index contributed by atoms with van der Waals surface area (Å²) in [6.45, 7) is 0.165. The van der Waals surface area contributed by atoms with Crippen molar-refractivity contribution in [2.45, 2.75) is 36.1 Å². The summed E-state index contributed by atoms with van der Waals surface area (Å²) >= 11 is 1.44. The molecule has 4 N–H and O–H groups in total. The molecule has 1 aliphatic heterocycles. The minimum atomic E-state index is -1.21. The van der Waals surface area contributed by atoms with Gasteiger partial charge in [-0.2, -0.15) is 4.98 Å². The molecule has 10 heteroatoms. The number of rotatable bonds is 6. The minimum absolute atomic E-state index is 0.393. The van der Waals surface area contributed by atoms with Crippen LogP contribution in [0.5, 0.6) is 0 Å². The van der Waals surface area contributed by atoms with Gasteiger partial charge in [0.2, 0.25) is 5.95 Å². The Morgan fingerprint density at radius 3 is 2.64 bits per heavy atom. The van der Waals surface area contributed by atoms with Crippen molar-refractivity contribution in [3.05, 3.63) is 42.2 Å². The summed E-state index contributed by atoms with van der Waals surface area (Å²) in [4.78, 5) is 13.4. The fourth-order valence-electron chi connectivity index (χ4n) is 3.19. The second kappa shape index (κ2) is 8.02. The normalized spacial score (nSPS) is 24.7. The van der Waals surface area contributed by atoms with Crippen molar-refractivity contribution in [1.29, 1.82) is 0 Å². The Labute approximate surface area is 165 Å². The lowest BCUT2D eigenvalue weighted by Crippen LogP contribution is -2.33. The number of aliphatic hydroxyl groups excluding tert-OH is 3. The number of imidazole rings is 1. The van der Waals surface area contributed by atoms with Crippen molar-refractivity contribution in [3.63, 3.8) is 0 Å². The third-order valence-corrected chi connectivity index (χ3v) is 5.34. The molecular weight excluding hydrogens is 382 g/mol. The first-order valence-corrected chi connectivity index (χ1v) is 10.0. The van der Waals surface area contributed by atoms with Crippen molar-refractivity contribution in [1.82, 2.24) is 19.5 Å². The number of nitrogens with one attached hydrogen (secondary N) is 1. The molecule has 1 fully saturated rings. The maximum absolute atomic E-state index is 10.3. The lowest BCUT2D eigenvalue weighted by atomic mass is 10.1. The highest BCUT2D eigenvalue weighted by atomic mass is 32.2. The fraction of sp³-hybridized carbons (Fsp3) is 0.389. The Morgan fingerprint density at radius 2 is 1.96 bits per heavy atom. The molecule has 0 unspecified atom stereocenters. The van der Waals surface area contributed by atoms with E-state index in [0.717, 1.165) is 5.56 Å². The number of fused-ring (bicyclic) bond motifs is 1. The highest BCUT2D eigenvalue weighted by Crippen LogP contribution is 2.33. The third-order valence-electron chi connectivity index (χ3n) is 4.67. The number of ether oxygens (including phenoxy) is 1. The van der Waals surface area contributed by atoms with E-state index < -0.39 is 31.1 Å². The van der Waals surface area contributed by atoms with E-state index in [9.17, 15) is 15.3 Å². The SMILES string of the molecule is CSc1nc(NCc2ccccc2)nc2c1ncn2[C@@H]1O[C@H](CO)[C@@H](O)[C@H]1O. The molecule has 4 rings (SSSR count). The van der Waals surface area contributed by atoms with Gasteiger partial charge in [0.25, 0.3) is 0 Å². The zero-order valence-electron chi connectivity index (χ0n) is 15.1. The van der Waals surface area contributed by atoms with E-state index in [4.69, 9.17) is 4.74 Å². The molecule has 0 aliphatic carbocycles. The van der Waals surface area contributed by atoms with E-state index in [1.165, 1.54) is 18.1 Å². The lowest BCUT2D eigenvalue weighted by molar-refractivity contribution is -0.0511. The summed E-state index contributed by atoms with van der Waals surface area (Å²) in [7, 11) is 0. The molecule has 0 saturated carbocycles. The number of hydrogen-bond acceptors (Lipinski definition) is 9. The van der Waals surface area contributed by atoms with Gasteiger partial charge in [-0.05, 0) is 11.8 Å². The number of benzene rings is 1. The van der Waals surface area contributed by atoms with Gasteiger partial charge in [0.05, 0.1) is 12.9 Å². The Bertz CT molecular complexity index is 954. The van der Waals surface area contributed by atoms with Crippen molar-refractivity contribution < 1.29 is 20.1 Å². The number of nitrogens with zero attached hydrogens (tertiary/aromatic N) is 4. The van der Waals surface area contributed by atoms with Crippen molar-refractivity contribution in [2.75, 3.05) is 18.2 Å². The Morgan fingerprint density at radius 1 is 1.18 bits per heavy atom. The summed E-state index contributed by atoms with van der Waals surface area (Å²) in [5.74, 6) is 0.425. The van der Waals surface area contributed by atoms with Crippen LogP contribution in [0, 0.1) is 0 Å². The van der Waals surface area contributed by atoms with Crippen LogP contribution < -0.4 is 5.32 Å². The summed E-state index contributed by atoms with van der Waals surface area (Å²) in [5, 5.41) is 33.6. The largest absolute Gasteiger partial charge is 0.394 e. The van der Waals surface area contributed by atoms with E-state index in [1.807, 2.05) is 36.6 Å². The monoisotopic (exact) mass is 403 g/mol. The van der Waals surface area contributed by atoms with E-state index in [0.29, 0.717) is 28.7 Å². The van der Waals surface area contributed by atoms with Crippen LogP contribution in [0.4, 0.5) is 5.95 Å². The van der Waals surface area contributed by atoms with E-state index in [2.05, 4.69) is 20.3 Å². The van der Waals surface area contributed by atoms with Gasteiger partial charge >= 0.3 is 0 Å². The molecule has 0 amide bonds. The zero-order valence-corrected chi connectivity index (χ0v) is 16.0. The van der Waals surface area contributed by atoms with Gasteiger partial charge in [-0.15, -0.1) is 11.8 Å². The highest BCUT2D eigenvalue weighted by Gasteiger charge is 2.44. The summed E-state index contributed by atoms with van der Waals surface area (Å²) in [5.41, 5.74) is 2.15. The summed E-state index contributed by atoms with van der Waals surface area (Å²) in [6, 6.07) is 9.89. The topological polar surface area (TPSA) is 126 Å². The van der Waals surface area contributed by atoms with Crippen LogP contribution >= 0.6 is 11.8 Å². The van der Waals surface area contributed by atoms with E-state index in [-0.39, 0.29) is 0 Å². The van der Waals surface area contributed by atoms with Crippen LogP contribution in [-0.4, -0.2) is 66.0 Å². The molecule has 9 nitrogen and oxygen atoms in total. The van der Waals surface area contributed by atoms with Crippen LogP contribution in [0.3, 0.4) is 0 Å². The van der Waals surface area contributed by atoms with Gasteiger partial charge in [0.15, 0.2) is 11.9 Å². The number of hydrogen-bond donors (Lipinski definition) is 4. The van der Waals surface area contributed by atoms with Crippen LogP contribution in [0.1, 0.15) is 11.8 Å². The molecule has 4 atom stereocenters. The average molecular weight is 403 g/mol. The summed E-state index contributed by atoms with van der Waals surface area (Å²) in [6.07, 6.45) is -0.763. The first-order chi connectivity index (χ1) is 13.6. The van der Waals surface area contributed by atoms with E-state index in [1.54, 1.807) is 4.57 Å². The molecule has 0 spiro atoms. The maximum atomic E-state index is 10.3. The van der Waals surface area contributed by atoms with Gasteiger partial charge in [-0.3, -0.25) is 4.57 Å². The molecule has 2 aromatic heterocycles. The first-order valence-electron chi connectivity index (χ1n) is 8.81. The van der Waals surface area contributed by atoms with Gasteiger partial charge in [-0.1, -0.05) is 30.3 Å². The van der Waals surface area contributed by atoms with Gasteiger partial charge < -0.3 is 25.4 Å². The fourth-order valence-corrected chi connectivity index (χ4v) is 3.70. The molecule has 0 radical (unpaired) electrons. The van der Waals surface area contributed by atoms with Gasteiger partial charge in [0, 0.05) is 6.54 Å². The predicted molar refractivity (Wildman–Crippen MR) is 104 cm³/mol. The summed E-state index contributed by atoms with van der Waals surface area (Å²) < 4.78 is 7.18. The van der Waals surface area contributed by atoms with Crippen LogP contribution in [0.2, 0.25) is 0 Å². The molecule has 3 heterocycles. The third kappa shape index (κ3) is 3.45. The van der Waals surface area contributed by atoms with Crippen LogP contribution in [-0.2, 0) is 11.3 Å².